The number of carbonyl (C=O) groups is 2. The fraction of sp³-hybridized carbons (Fsp3) is 0.200. The summed E-state index contributed by atoms with van der Waals surface area (Å²) in [4.78, 5) is 24.8. The Kier molecular flexibility index (Phi) is 6.88. The van der Waals surface area contributed by atoms with Gasteiger partial charge in [0, 0.05) is 10.7 Å². The van der Waals surface area contributed by atoms with Gasteiger partial charge in [-0.15, -0.1) is 0 Å². The van der Waals surface area contributed by atoms with Gasteiger partial charge in [-0.2, -0.15) is 0 Å². The van der Waals surface area contributed by atoms with Crippen molar-refractivity contribution in [3.05, 3.63) is 75.2 Å². The van der Waals surface area contributed by atoms with E-state index in [4.69, 9.17) is 27.9 Å². The highest BCUT2D eigenvalue weighted by molar-refractivity contribution is 7.91. The van der Waals surface area contributed by atoms with Crippen LogP contribution in [0.3, 0.4) is 0 Å². The molecule has 0 saturated carbocycles. The van der Waals surface area contributed by atoms with Crippen molar-refractivity contribution in [2.75, 3.05) is 12.4 Å². The van der Waals surface area contributed by atoms with Crippen molar-refractivity contribution >= 4 is 45.0 Å². The summed E-state index contributed by atoms with van der Waals surface area (Å²) in [7, 11) is -4.10. The fourth-order valence-electron chi connectivity index (χ4n) is 3.06. The van der Waals surface area contributed by atoms with Crippen LogP contribution in [0.25, 0.3) is 0 Å². The first-order valence-corrected chi connectivity index (χ1v) is 11.4. The minimum atomic E-state index is -4.10. The lowest BCUT2D eigenvalue weighted by molar-refractivity contribution is -0.139. The molecule has 2 aromatic carbocycles. The minimum absolute atomic E-state index is 0.0339. The molecule has 11 heteroatoms. The Hall–Kier alpha value is -2.62. The molecule has 0 aliphatic carbocycles. The van der Waals surface area contributed by atoms with E-state index < -0.39 is 39.4 Å². The van der Waals surface area contributed by atoms with Crippen LogP contribution in [0.1, 0.15) is 18.5 Å². The van der Waals surface area contributed by atoms with Crippen molar-refractivity contribution in [2.45, 2.75) is 17.9 Å². The number of sulfone groups is 1. The average Bonchev–Trinajstić information content (AvgIpc) is 2.69. The molecule has 0 radical (unpaired) electrons. The molecule has 0 spiro atoms. The molecule has 1 atom stereocenters. The summed E-state index contributed by atoms with van der Waals surface area (Å²) in [6.45, 7) is 1.63. The number of urea groups is 1. The van der Waals surface area contributed by atoms with Gasteiger partial charge in [-0.05, 0) is 42.8 Å². The van der Waals surface area contributed by atoms with Crippen molar-refractivity contribution in [3.63, 3.8) is 0 Å². The summed E-state index contributed by atoms with van der Waals surface area (Å²) in [6.07, 6.45) is 0. The summed E-state index contributed by atoms with van der Waals surface area (Å²) >= 11 is 11.7. The van der Waals surface area contributed by atoms with E-state index in [1.807, 2.05) is 0 Å². The lowest BCUT2D eigenvalue weighted by atomic mass is 9.95. The van der Waals surface area contributed by atoms with E-state index >= 15 is 0 Å². The number of amides is 2. The van der Waals surface area contributed by atoms with E-state index in [1.54, 1.807) is 31.2 Å². The third-order valence-corrected chi connectivity index (χ3v) is 6.58. The first-order chi connectivity index (χ1) is 14.6. The summed E-state index contributed by atoms with van der Waals surface area (Å²) in [6, 6.07) is 7.67. The lowest BCUT2D eigenvalue weighted by Crippen LogP contribution is -2.47. The van der Waals surface area contributed by atoms with E-state index in [2.05, 4.69) is 10.6 Å². The van der Waals surface area contributed by atoms with Gasteiger partial charge in [0.25, 0.3) is 0 Å². The van der Waals surface area contributed by atoms with Gasteiger partial charge in [0.1, 0.15) is 5.82 Å². The third-order valence-electron chi connectivity index (χ3n) is 4.42. The Balaban J connectivity index is 2.11. The summed E-state index contributed by atoms with van der Waals surface area (Å²) in [5.41, 5.74) is 0.221. The van der Waals surface area contributed by atoms with E-state index in [-0.39, 0.29) is 27.8 Å². The summed E-state index contributed by atoms with van der Waals surface area (Å²) in [5.74, 6) is -2.32. The monoisotopic (exact) mass is 486 g/mol. The standard InChI is InChI=1S/C20H17Cl2FN2O5S/c1-2-30-19(26)17-16(10-31(28,29)13-6-7-15(23)14(22)9-13)24-20(27)25-18(17)11-4-3-5-12(21)8-11/h3-9,18H,2,10H2,1H3,(H2,24,25,27)/t18-/m1/s1. The zero-order valence-electron chi connectivity index (χ0n) is 16.1. The molecule has 1 aliphatic rings. The van der Waals surface area contributed by atoms with Gasteiger partial charge in [0.05, 0.1) is 33.9 Å². The van der Waals surface area contributed by atoms with Crippen LogP contribution in [0, 0.1) is 5.82 Å². The smallest absolute Gasteiger partial charge is 0.338 e. The maximum absolute atomic E-state index is 13.4. The molecule has 1 heterocycles. The number of ether oxygens (including phenoxy) is 1. The van der Waals surface area contributed by atoms with Gasteiger partial charge >= 0.3 is 12.0 Å². The van der Waals surface area contributed by atoms with Crippen LogP contribution in [0.5, 0.6) is 0 Å². The second-order valence-corrected chi connectivity index (χ2v) is 9.37. The Morgan fingerprint density at radius 1 is 1.19 bits per heavy atom. The van der Waals surface area contributed by atoms with Gasteiger partial charge < -0.3 is 15.4 Å². The molecule has 7 nitrogen and oxygen atoms in total. The molecule has 0 fully saturated rings. The zero-order chi connectivity index (χ0) is 22.8. The molecule has 31 heavy (non-hydrogen) atoms. The molecule has 164 valence electrons. The van der Waals surface area contributed by atoms with Crippen molar-refractivity contribution in [3.8, 4) is 0 Å². The number of rotatable bonds is 6. The van der Waals surface area contributed by atoms with Crippen LogP contribution in [-0.4, -0.2) is 32.8 Å². The normalized spacial score (nSPS) is 16.5. The number of esters is 1. The number of carbonyl (C=O) groups excluding carboxylic acids is 2. The number of halogens is 3. The quantitative estimate of drug-likeness (QED) is 0.477. The van der Waals surface area contributed by atoms with E-state index in [1.165, 1.54) is 0 Å². The van der Waals surface area contributed by atoms with Crippen molar-refractivity contribution in [1.82, 2.24) is 10.6 Å². The van der Waals surface area contributed by atoms with Gasteiger partial charge in [-0.3, -0.25) is 0 Å². The predicted molar refractivity (Wildman–Crippen MR) is 113 cm³/mol. The molecule has 0 bridgehead atoms. The largest absolute Gasteiger partial charge is 0.463 e. The Morgan fingerprint density at radius 2 is 1.94 bits per heavy atom. The second kappa shape index (κ2) is 9.25. The molecule has 2 amide bonds. The molecule has 0 saturated heterocycles. The van der Waals surface area contributed by atoms with Crippen LogP contribution >= 0.6 is 23.2 Å². The Labute approximate surface area is 188 Å². The molecule has 3 rings (SSSR count). The highest BCUT2D eigenvalue weighted by Crippen LogP contribution is 2.31. The zero-order valence-corrected chi connectivity index (χ0v) is 18.4. The Bertz CT molecular complexity index is 1180. The minimum Gasteiger partial charge on any atom is -0.463 e. The van der Waals surface area contributed by atoms with Gasteiger partial charge in [0.15, 0.2) is 9.84 Å². The van der Waals surface area contributed by atoms with Crippen molar-refractivity contribution in [1.29, 1.82) is 0 Å². The first kappa shape index (κ1) is 23.1. The van der Waals surface area contributed by atoms with Crippen LogP contribution < -0.4 is 10.6 Å². The second-order valence-electron chi connectivity index (χ2n) is 6.53. The molecule has 0 aromatic heterocycles. The number of hydrogen-bond acceptors (Lipinski definition) is 5. The maximum Gasteiger partial charge on any atom is 0.338 e. The van der Waals surface area contributed by atoms with Gasteiger partial charge in [-0.25, -0.2) is 22.4 Å². The lowest BCUT2D eigenvalue weighted by Gasteiger charge is -2.29. The van der Waals surface area contributed by atoms with Crippen LogP contribution in [0.2, 0.25) is 10.0 Å². The van der Waals surface area contributed by atoms with E-state index in [9.17, 15) is 22.4 Å². The van der Waals surface area contributed by atoms with E-state index in [0.29, 0.717) is 10.6 Å². The average molecular weight is 487 g/mol. The topological polar surface area (TPSA) is 102 Å². The SMILES string of the molecule is CCOC(=O)C1=C(CS(=O)(=O)c2ccc(F)c(Cl)c2)NC(=O)N[C@@H]1c1cccc(Cl)c1. The van der Waals surface area contributed by atoms with Crippen molar-refractivity contribution < 1.29 is 27.1 Å². The highest BCUT2D eigenvalue weighted by atomic mass is 35.5. The third kappa shape index (κ3) is 5.17. The number of benzene rings is 2. The summed E-state index contributed by atoms with van der Waals surface area (Å²) < 4.78 is 44.4. The molecule has 2 aromatic rings. The fourth-order valence-corrected chi connectivity index (χ4v) is 4.85. The van der Waals surface area contributed by atoms with Crippen LogP contribution in [-0.2, 0) is 19.4 Å². The molecular weight excluding hydrogens is 470 g/mol. The molecular formula is C20H17Cl2FN2O5S. The molecule has 2 N–H and O–H groups in total. The van der Waals surface area contributed by atoms with Crippen LogP contribution in [0.4, 0.5) is 9.18 Å². The van der Waals surface area contributed by atoms with Crippen molar-refractivity contribution in [2.24, 2.45) is 0 Å². The van der Waals surface area contributed by atoms with Gasteiger partial charge in [-0.1, -0.05) is 35.3 Å². The van der Waals surface area contributed by atoms with Gasteiger partial charge in [0.2, 0.25) is 0 Å². The van der Waals surface area contributed by atoms with E-state index in [0.717, 1.165) is 18.2 Å². The number of hydrogen-bond donors (Lipinski definition) is 2. The predicted octanol–water partition coefficient (Wildman–Crippen LogP) is 3.78. The highest BCUT2D eigenvalue weighted by Gasteiger charge is 2.36. The van der Waals surface area contributed by atoms with Crippen LogP contribution in [0.15, 0.2) is 58.6 Å². The molecule has 1 aliphatic heterocycles. The maximum atomic E-state index is 13.4. The Morgan fingerprint density at radius 3 is 2.58 bits per heavy atom. The number of nitrogens with one attached hydrogen (secondary N) is 2. The molecule has 0 unspecified atom stereocenters. The summed E-state index contributed by atoms with van der Waals surface area (Å²) in [5, 5.41) is 4.97. The first-order valence-electron chi connectivity index (χ1n) is 9.03.